The number of rotatable bonds is 4. The fraction of sp³-hybridized carbons (Fsp3) is 0.391. The Morgan fingerprint density at radius 2 is 1.75 bits per heavy atom. The number of fused-ring (bicyclic) bond motifs is 4. The Hall–Kier alpha value is -2.65. The van der Waals surface area contributed by atoms with E-state index in [1.165, 1.54) is 18.7 Å². The number of anilines is 2. The van der Waals surface area contributed by atoms with Gasteiger partial charge in [-0.05, 0) is 49.6 Å². The highest BCUT2D eigenvalue weighted by atomic mass is 32.2. The third-order valence-corrected chi connectivity index (χ3v) is 7.43. The lowest BCUT2D eigenvalue weighted by atomic mass is 9.83. The molecule has 1 saturated heterocycles. The van der Waals surface area contributed by atoms with Gasteiger partial charge in [0.15, 0.2) is 0 Å². The van der Waals surface area contributed by atoms with Crippen molar-refractivity contribution in [1.29, 1.82) is 0 Å². The molecular weight excluding hydrogens is 444 g/mol. The van der Waals surface area contributed by atoms with Gasteiger partial charge in [-0.2, -0.15) is 0 Å². The minimum Gasteiger partial charge on any atom is -0.356 e. The number of thioether (sulfide) groups is 1. The van der Waals surface area contributed by atoms with E-state index in [1.807, 2.05) is 23.6 Å². The number of likely N-dealkylation sites (tertiary alicyclic amines) is 1. The van der Waals surface area contributed by atoms with Crippen molar-refractivity contribution >= 4 is 51.5 Å². The van der Waals surface area contributed by atoms with E-state index in [0.29, 0.717) is 17.3 Å². The standard InChI is InChI=1S/C23H26N4O3S2/c1-14(22(30)25-19-8-6-18(7-9-19)24-15(2)28)32-23(31)26-11-16-10-17(13-26)20-4-3-5-21(29)27(20)12-16/h3-9,14,16-17H,10-13H2,1-2H3,(H,24,28)(H,25,30)/t14-,16-,17+/m1/s1. The van der Waals surface area contributed by atoms with Gasteiger partial charge < -0.3 is 20.1 Å². The van der Waals surface area contributed by atoms with E-state index in [4.69, 9.17) is 12.2 Å². The van der Waals surface area contributed by atoms with E-state index in [2.05, 4.69) is 15.5 Å². The van der Waals surface area contributed by atoms with Gasteiger partial charge in [-0.15, -0.1) is 0 Å². The van der Waals surface area contributed by atoms with Crippen molar-refractivity contribution in [1.82, 2.24) is 9.47 Å². The largest absolute Gasteiger partial charge is 0.356 e. The second-order valence-corrected chi connectivity index (χ2v) is 10.4. The van der Waals surface area contributed by atoms with Crippen LogP contribution in [0.25, 0.3) is 0 Å². The van der Waals surface area contributed by atoms with Crippen LogP contribution in [0.3, 0.4) is 0 Å². The molecule has 1 aromatic heterocycles. The van der Waals surface area contributed by atoms with Crippen LogP contribution in [0.5, 0.6) is 0 Å². The molecule has 1 fully saturated rings. The molecule has 0 spiro atoms. The lowest BCUT2D eigenvalue weighted by Gasteiger charge is -2.43. The van der Waals surface area contributed by atoms with Crippen LogP contribution >= 0.6 is 24.0 Å². The molecule has 1 aromatic carbocycles. The number of nitrogens with one attached hydrogen (secondary N) is 2. The molecule has 32 heavy (non-hydrogen) atoms. The van der Waals surface area contributed by atoms with Crippen LogP contribution in [0, 0.1) is 5.92 Å². The van der Waals surface area contributed by atoms with Crippen molar-refractivity contribution in [3.63, 3.8) is 0 Å². The predicted octanol–water partition coefficient (Wildman–Crippen LogP) is 3.27. The Morgan fingerprint density at radius 1 is 1.06 bits per heavy atom. The number of thiocarbonyl (C=S) groups is 1. The summed E-state index contributed by atoms with van der Waals surface area (Å²) in [4.78, 5) is 38.2. The van der Waals surface area contributed by atoms with E-state index in [-0.39, 0.29) is 28.5 Å². The number of piperidine rings is 1. The first kappa shape index (κ1) is 22.5. The molecule has 168 valence electrons. The van der Waals surface area contributed by atoms with Crippen LogP contribution in [-0.4, -0.2) is 43.9 Å². The molecule has 0 aliphatic carbocycles. The van der Waals surface area contributed by atoms with Gasteiger partial charge in [0.1, 0.15) is 4.32 Å². The monoisotopic (exact) mass is 470 g/mol. The summed E-state index contributed by atoms with van der Waals surface area (Å²) in [6.07, 6.45) is 1.07. The number of hydrogen-bond donors (Lipinski definition) is 2. The van der Waals surface area contributed by atoms with Gasteiger partial charge in [-0.25, -0.2) is 0 Å². The molecule has 9 heteroatoms. The van der Waals surface area contributed by atoms with E-state index >= 15 is 0 Å². The smallest absolute Gasteiger partial charge is 0.250 e. The second kappa shape index (κ2) is 9.46. The quantitative estimate of drug-likeness (QED) is 0.668. The van der Waals surface area contributed by atoms with Gasteiger partial charge >= 0.3 is 0 Å². The fourth-order valence-corrected chi connectivity index (χ4v) is 5.76. The molecule has 0 radical (unpaired) electrons. The number of aromatic nitrogens is 1. The Kier molecular flexibility index (Phi) is 6.66. The first-order valence-electron chi connectivity index (χ1n) is 10.6. The van der Waals surface area contributed by atoms with Crippen LogP contribution in [-0.2, 0) is 16.1 Å². The third kappa shape index (κ3) is 5.05. The molecule has 7 nitrogen and oxygen atoms in total. The first-order chi connectivity index (χ1) is 15.3. The maximum atomic E-state index is 12.7. The van der Waals surface area contributed by atoms with E-state index < -0.39 is 0 Å². The van der Waals surface area contributed by atoms with Crippen LogP contribution < -0.4 is 16.2 Å². The highest BCUT2D eigenvalue weighted by molar-refractivity contribution is 8.23. The summed E-state index contributed by atoms with van der Waals surface area (Å²) in [5, 5.41) is 5.25. The summed E-state index contributed by atoms with van der Waals surface area (Å²) in [6.45, 7) is 5.59. The van der Waals surface area contributed by atoms with Gasteiger partial charge in [0.2, 0.25) is 11.8 Å². The summed E-state index contributed by atoms with van der Waals surface area (Å²) in [5.74, 6) is 0.392. The number of carbonyl (C=O) groups excluding carboxylic acids is 2. The zero-order valence-electron chi connectivity index (χ0n) is 18.0. The van der Waals surface area contributed by atoms with Gasteiger partial charge in [0.25, 0.3) is 5.56 Å². The first-order valence-corrected chi connectivity index (χ1v) is 11.9. The van der Waals surface area contributed by atoms with Crippen molar-refractivity contribution in [3.8, 4) is 0 Å². The van der Waals surface area contributed by atoms with Gasteiger partial charge in [-0.3, -0.25) is 14.4 Å². The number of amides is 2. The van der Waals surface area contributed by atoms with Crippen molar-refractivity contribution in [2.75, 3.05) is 23.7 Å². The molecule has 0 saturated carbocycles. The van der Waals surface area contributed by atoms with E-state index in [0.717, 1.165) is 36.1 Å². The molecule has 2 aliphatic heterocycles. The van der Waals surface area contributed by atoms with Crippen LogP contribution in [0.15, 0.2) is 47.3 Å². The lowest BCUT2D eigenvalue weighted by Crippen LogP contribution is -2.48. The SMILES string of the molecule is CC(=O)Nc1ccc(NC(=O)[C@@H](C)SC(=S)N2C[C@H]3C[C@@H](C2)c2cccc(=O)n2C3)cc1. The third-order valence-electron chi connectivity index (χ3n) is 5.86. The number of carbonyl (C=O) groups is 2. The molecular formula is C23H26N4O3S2. The van der Waals surface area contributed by atoms with Crippen molar-refractivity contribution in [2.24, 2.45) is 5.92 Å². The Bertz CT molecular complexity index is 1100. The van der Waals surface area contributed by atoms with Crippen LogP contribution in [0.2, 0.25) is 0 Å². The molecule has 2 bridgehead atoms. The average molecular weight is 471 g/mol. The zero-order valence-corrected chi connectivity index (χ0v) is 19.7. The maximum Gasteiger partial charge on any atom is 0.250 e. The topological polar surface area (TPSA) is 83.4 Å². The number of nitrogens with zero attached hydrogens (tertiary/aromatic N) is 2. The molecule has 2 N–H and O–H groups in total. The summed E-state index contributed by atoms with van der Waals surface area (Å²) in [6, 6.07) is 12.5. The van der Waals surface area contributed by atoms with Crippen molar-refractivity contribution < 1.29 is 9.59 Å². The van der Waals surface area contributed by atoms with E-state index in [9.17, 15) is 14.4 Å². The molecule has 0 unspecified atom stereocenters. The molecule has 2 amide bonds. The zero-order chi connectivity index (χ0) is 22.8. The number of pyridine rings is 1. The van der Waals surface area contributed by atoms with Crippen LogP contribution in [0.4, 0.5) is 11.4 Å². The minimum absolute atomic E-state index is 0.0676. The lowest BCUT2D eigenvalue weighted by molar-refractivity contribution is -0.115. The highest BCUT2D eigenvalue weighted by Crippen LogP contribution is 2.36. The predicted molar refractivity (Wildman–Crippen MR) is 132 cm³/mol. The second-order valence-electron chi connectivity index (χ2n) is 8.38. The summed E-state index contributed by atoms with van der Waals surface area (Å²) in [5.41, 5.74) is 2.49. The minimum atomic E-state index is -0.353. The number of benzene rings is 1. The Labute approximate surface area is 196 Å². The van der Waals surface area contributed by atoms with Gasteiger partial charge in [0.05, 0.1) is 5.25 Å². The highest BCUT2D eigenvalue weighted by Gasteiger charge is 2.35. The van der Waals surface area contributed by atoms with Crippen molar-refractivity contribution in [3.05, 3.63) is 58.5 Å². The maximum absolute atomic E-state index is 12.7. The molecule has 2 aliphatic rings. The molecule has 2 aromatic rings. The van der Waals surface area contributed by atoms with Gasteiger partial charge in [-0.1, -0.05) is 30.0 Å². The van der Waals surface area contributed by atoms with Crippen LogP contribution in [0.1, 0.15) is 31.9 Å². The van der Waals surface area contributed by atoms with Gasteiger partial charge in [0, 0.05) is 55.6 Å². The average Bonchev–Trinajstić information content (AvgIpc) is 2.75. The Balaban J connectivity index is 1.34. The molecule has 4 rings (SSSR count). The summed E-state index contributed by atoms with van der Waals surface area (Å²) >= 11 is 7.08. The number of hydrogen-bond acceptors (Lipinski definition) is 5. The molecule has 3 atom stereocenters. The summed E-state index contributed by atoms with van der Waals surface area (Å²) < 4.78 is 2.62. The van der Waals surface area contributed by atoms with Crippen molar-refractivity contribution in [2.45, 2.75) is 38.0 Å². The molecule has 3 heterocycles. The Morgan fingerprint density at radius 3 is 2.44 bits per heavy atom. The normalized spacial score (nSPS) is 20.1. The van der Waals surface area contributed by atoms with E-state index in [1.54, 1.807) is 30.3 Å². The fourth-order valence-electron chi connectivity index (χ4n) is 4.41. The summed E-state index contributed by atoms with van der Waals surface area (Å²) in [7, 11) is 0.